The second kappa shape index (κ2) is 3.62. The third-order valence-electron chi connectivity index (χ3n) is 2.01. The molecule has 84 valence electrons. The third-order valence-corrected chi connectivity index (χ3v) is 2.01. The Hall–Kier alpha value is -1.85. The van der Waals surface area contributed by atoms with E-state index in [-0.39, 0.29) is 5.82 Å². The van der Waals surface area contributed by atoms with Crippen LogP contribution in [0.2, 0.25) is 0 Å². The standard InChI is InChI=1S/C10H8F3N3/c1-6-3-2-4-7(15-6)9-14-5-8(16-9)10(11,12)13/h2-5H,1H3,(H,14,16). The maximum atomic E-state index is 12.3. The molecule has 0 fully saturated rings. The summed E-state index contributed by atoms with van der Waals surface area (Å²) in [4.78, 5) is 9.93. The predicted octanol–water partition coefficient (Wildman–Crippen LogP) is 2.80. The van der Waals surface area contributed by atoms with Gasteiger partial charge in [0.1, 0.15) is 11.4 Å². The zero-order chi connectivity index (χ0) is 11.8. The van der Waals surface area contributed by atoms with Crippen molar-refractivity contribution in [1.29, 1.82) is 0 Å². The van der Waals surface area contributed by atoms with Crippen molar-refractivity contribution >= 4 is 0 Å². The lowest BCUT2D eigenvalue weighted by Crippen LogP contribution is -2.04. The van der Waals surface area contributed by atoms with Crippen molar-refractivity contribution < 1.29 is 13.2 Å². The van der Waals surface area contributed by atoms with Gasteiger partial charge in [0.05, 0.1) is 6.20 Å². The van der Waals surface area contributed by atoms with Crippen LogP contribution in [0.5, 0.6) is 0 Å². The van der Waals surface area contributed by atoms with Gasteiger partial charge in [-0.15, -0.1) is 0 Å². The number of hydrogen-bond acceptors (Lipinski definition) is 2. The van der Waals surface area contributed by atoms with E-state index in [1.54, 1.807) is 25.1 Å². The van der Waals surface area contributed by atoms with Crippen LogP contribution < -0.4 is 0 Å². The van der Waals surface area contributed by atoms with Gasteiger partial charge in [0.2, 0.25) is 0 Å². The molecular weight excluding hydrogens is 219 g/mol. The summed E-state index contributed by atoms with van der Waals surface area (Å²) in [6, 6.07) is 5.08. The molecule has 0 radical (unpaired) electrons. The molecule has 0 bridgehead atoms. The fourth-order valence-electron chi connectivity index (χ4n) is 1.27. The summed E-state index contributed by atoms with van der Waals surface area (Å²) in [5.74, 6) is 0.121. The molecule has 0 aliphatic carbocycles. The Kier molecular flexibility index (Phi) is 2.41. The van der Waals surface area contributed by atoms with E-state index in [2.05, 4.69) is 15.0 Å². The van der Waals surface area contributed by atoms with Gasteiger partial charge in [-0.25, -0.2) is 9.97 Å². The molecule has 2 rings (SSSR count). The van der Waals surface area contributed by atoms with Crippen LogP contribution in [0.1, 0.15) is 11.4 Å². The van der Waals surface area contributed by atoms with Crippen molar-refractivity contribution in [1.82, 2.24) is 15.0 Å². The molecule has 2 aromatic heterocycles. The lowest BCUT2D eigenvalue weighted by molar-refractivity contribution is -0.140. The molecule has 2 aromatic rings. The zero-order valence-corrected chi connectivity index (χ0v) is 8.34. The van der Waals surface area contributed by atoms with Crippen molar-refractivity contribution in [2.75, 3.05) is 0 Å². The largest absolute Gasteiger partial charge is 0.432 e. The number of nitrogens with one attached hydrogen (secondary N) is 1. The van der Waals surface area contributed by atoms with Crippen molar-refractivity contribution in [2.45, 2.75) is 13.1 Å². The molecule has 0 aliphatic heterocycles. The third kappa shape index (κ3) is 2.05. The minimum absolute atomic E-state index is 0.121. The molecule has 0 atom stereocenters. The first kappa shape index (κ1) is 10.7. The van der Waals surface area contributed by atoms with Gasteiger partial charge in [-0.1, -0.05) is 6.07 Å². The van der Waals surface area contributed by atoms with E-state index in [1.165, 1.54) is 0 Å². The number of aromatic nitrogens is 3. The van der Waals surface area contributed by atoms with Crippen molar-refractivity contribution in [3.8, 4) is 11.5 Å². The van der Waals surface area contributed by atoms with Crippen molar-refractivity contribution in [2.24, 2.45) is 0 Å². The van der Waals surface area contributed by atoms with E-state index in [4.69, 9.17) is 0 Å². The number of aryl methyl sites for hydroxylation is 1. The Labute approximate surface area is 89.4 Å². The van der Waals surface area contributed by atoms with E-state index >= 15 is 0 Å². The molecule has 0 unspecified atom stereocenters. The van der Waals surface area contributed by atoms with Crippen LogP contribution in [0.4, 0.5) is 13.2 Å². The van der Waals surface area contributed by atoms with Crippen LogP contribution in [-0.2, 0) is 6.18 Å². The second-order valence-corrected chi connectivity index (χ2v) is 3.31. The number of H-pyrrole nitrogens is 1. The number of nitrogens with zero attached hydrogens (tertiary/aromatic N) is 2. The highest BCUT2D eigenvalue weighted by Crippen LogP contribution is 2.28. The highest BCUT2D eigenvalue weighted by atomic mass is 19.4. The Morgan fingerprint density at radius 1 is 1.25 bits per heavy atom. The normalized spacial score (nSPS) is 11.8. The molecule has 3 nitrogen and oxygen atoms in total. The molecule has 0 aromatic carbocycles. The zero-order valence-electron chi connectivity index (χ0n) is 8.34. The van der Waals surface area contributed by atoms with Gasteiger partial charge in [-0.2, -0.15) is 13.2 Å². The summed E-state index contributed by atoms with van der Waals surface area (Å²) >= 11 is 0. The maximum Gasteiger partial charge on any atom is 0.432 e. The molecule has 0 amide bonds. The molecule has 16 heavy (non-hydrogen) atoms. The number of halogens is 3. The van der Waals surface area contributed by atoms with Gasteiger partial charge in [0, 0.05) is 5.69 Å². The van der Waals surface area contributed by atoms with Crippen molar-refractivity contribution in [3.63, 3.8) is 0 Å². The smallest absolute Gasteiger partial charge is 0.333 e. The summed E-state index contributed by atoms with van der Waals surface area (Å²) in [6.45, 7) is 1.76. The molecule has 0 saturated carbocycles. The van der Waals surface area contributed by atoms with Gasteiger partial charge in [0.15, 0.2) is 5.82 Å². The first-order chi connectivity index (χ1) is 7.47. The molecule has 6 heteroatoms. The molecular formula is C10H8F3N3. The Morgan fingerprint density at radius 3 is 2.56 bits per heavy atom. The fraction of sp³-hybridized carbons (Fsp3) is 0.200. The highest BCUT2D eigenvalue weighted by Gasteiger charge is 2.33. The summed E-state index contributed by atoms with van der Waals surface area (Å²) in [5.41, 5.74) is 0.253. The summed E-state index contributed by atoms with van der Waals surface area (Å²) in [7, 11) is 0. The maximum absolute atomic E-state index is 12.3. The topological polar surface area (TPSA) is 41.6 Å². The molecule has 0 saturated heterocycles. The van der Waals surface area contributed by atoms with Crippen LogP contribution in [0.3, 0.4) is 0 Å². The lowest BCUT2D eigenvalue weighted by Gasteiger charge is -2.01. The van der Waals surface area contributed by atoms with Crippen molar-refractivity contribution in [3.05, 3.63) is 35.8 Å². The second-order valence-electron chi connectivity index (χ2n) is 3.31. The quantitative estimate of drug-likeness (QED) is 0.813. The van der Waals surface area contributed by atoms with Crippen LogP contribution in [-0.4, -0.2) is 15.0 Å². The van der Waals surface area contributed by atoms with Crippen LogP contribution in [0.15, 0.2) is 24.4 Å². The van der Waals surface area contributed by atoms with Gasteiger partial charge < -0.3 is 4.98 Å². The molecule has 0 aliphatic rings. The number of pyridine rings is 1. The highest BCUT2D eigenvalue weighted by molar-refractivity contribution is 5.49. The van der Waals surface area contributed by atoms with E-state index < -0.39 is 11.9 Å². The van der Waals surface area contributed by atoms with E-state index in [0.717, 1.165) is 11.9 Å². The minimum atomic E-state index is -4.41. The molecule has 2 heterocycles. The summed E-state index contributed by atoms with van der Waals surface area (Å²) < 4.78 is 36.9. The monoisotopic (exact) mass is 227 g/mol. The first-order valence-corrected chi connectivity index (χ1v) is 4.53. The van der Waals surface area contributed by atoms with Gasteiger partial charge in [-0.3, -0.25) is 0 Å². The number of imidazole rings is 1. The van der Waals surface area contributed by atoms with Gasteiger partial charge in [0.25, 0.3) is 0 Å². The number of rotatable bonds is 1. The predicted molar refractivity (Wildman–Crippen MR) is 51.6 cm³/mol. The minimum Gasteiger partial charge on any atom is -0.333 e. The van der Waals surface area contributed by atoms with Gasteiger partial charge in [-0.05, 0) is 19.1 Å². The van der Waals surface area contributed by atoms with Crippen LogP contribution in [0.25, 0.3) is 11.5 Å². The van der Waals surface area contributed by atoms with E-state index in [0.29, 0.717) is 5.69 Å². The Balaban J connectivity index is 2.39. The van der Waals surface area contributed by atoms with Gasteiger partial charge >= 0.3 is 6.18 Å². The fourth-order valence-corrected chi connectivity index (χ4v) is 1.27. The Bertz CT molecular complexity index is 502. The molecule has 1 N–H and O–H groups in total. The summed E-state index contributed by atoms with van der Waals surface area (Å²) in [6.07, 6.45) is -3.64. The Morgan fingerprint density at radius 2 is 2.00 bits per heavy atom. The number of alkyl halides is 3. The van der Waals surface area contributed by atoms with E-state index in [1.807, 2.05) is 0 Å². The SMILES string of the molecule is Cc1cccc(-c2ncc(C(F)(F)F)[nH]2)n1. The average Bonchev–Trinajstić information content (AvgIpc) is 2.65. The van der Waals surface area contributed by atoms with Crippen LogP contribution >= 0.6 is 0 Å². The average molecular weight is 227 g/mol. The summed E-state index contributed by atoms with van der Waals surface area (Å²) in [5, 5.41) is 0. The van der Waals surface area contributed by atoms with E-state index in [9.17, 15) is 13.2 Å². The number of aromatic amines is 1. The van der Waals surface area contributed by atoms with Crippen LogP contribution in [0, 0.1) is 6.92 Å². The lowest BCUT2D eigenvalue weighted by atomic mass is 10.3. The first-order valence-electron chi connectivity index (χ1n) is 4.53. The number of hydrogen-bond donors (Lipinski definition) is 1. The molecule has 0 spiro atoms.